The quantitative estimate of drug-likeness (QED) is 0.587. The average molecular weight is 141 g/mol. The maximum absolute atomic E-state index is 10.7. The molecule has 0 aromatic rings. The molecule has 10 heavy (non-hydrogen) atoms. The molecule has 0 unspecified atom stereocenters. The van der Waals surface area contributed by atoms with Gasteiger partial charge in [0.2, 0.25) is 5.91 Å². The summed E-state index contributed by atoms with van der Waals surface area (Å²) in [5.74, 6) is 0.765. The second-order valence-electron chi connectivity index (χ2n) is 3.37. The van der Waals surface area contributed by atoms with Gasteiger partial charge in [0.05, 0.1) is 0 Å². The van der Waals surface area contributed by atoms with Crippen molar-refractivity contribution in [3.63, 3.8) is 0 Å². The van der Waals surface area contributed by atoms with Crippen molar-refractivity contribution in [2.75, 3.05) is 0 Å². The van der Waals surface area contributed by atoms with E-state index in [2.05, 4.69) is 6.92 Å². The third-order valence-corrected chi connectivity index (χ3v) is 2.34. The molecule has 0 aliphatic heterocycles. The maximum Gasteiger partial charge on any atom is 0.220 e. The molecule has 1 saturated carbocycles. The number of primary amides is 1. The maximum atomic E-state index is 10.7. The van der Waals surface area contributed by atoms with Gasteiger partial charge in [0.15, 0.2) is 0 Å². The first-order valence-electron chi connectivity index (χ1n) is 3.99. The van der Waals surface area contributed by atoms with E-state index in [0.717, 1.165) is 12.8 Å². The lowest BCUT2D eigenvalue weighted by Gasteiger charge is -2.23. The zero-order valence-corrected chi connectivity index (χ0v) is 6.47. The van der Waals surface area contributed by atoms with Crippen molar-refractivity contribution in [2.45, 2.75) is 32.6 Å². The molecule has 0 bridgehead atoms. The molecule has 1 amide bonds. The molecule has 2 heteroatoms. The van der Waals surface area contributed by atoms with Crippen LogP contribution in [0.1, 0.15) is 32.6 Å². The minimum Gasteiger partial charge on any atom is -0.369 e. The lowest BCUT2D eigenvalue weighted by molar-refractivity contribution is -0.123. The first-order chi connectivity index (χ1) is 4.70. The van der Waals surface area contributed by atoms with Crippen LogP contribution >= 0.6 is 0 Å². The van der Waals surface area contributed by atoms with E-state index in [-0.39, 0.29) is 11.8 Å². The monoisotopic (exact) mass is 141 g/mol. The number of nitrogens with two attached hydrogens (primary N) is 1. The van der Waals surface area contributed by atoms with Crippen LogP contribution in [-0.4, -0.2) is 5.91 Å². The highest BCUT2D eigenvalue weighted by atomic mass is 16.1. The van der Waals surface area contributed by atoms with E-state index in [1.54, 1.807) is 0 Å². The fraction of sp³-hybridized carbons (Fsp3) is 0.875. The van der Waals surface area contributed by atoms with E-state index >= 15 is 0 Å². The van der Waals surface area contributed by atoms with Crippen LogP contribution < -0.4 is 5.73 Å². The van der Waals surface area contributed by atoms with Gasteiger partial charge in [-0.05, 0) is 18.8 Å². The standard InChI is InChI=1S/C8H15NO/c1-6-3-2-4-7(5-6)8(9)10/h6-7H,2-5H2,1H3,(H2,9,10)/t6-,7+/m1/s1. The SMILES string of the molecule is C[C@@H]1CCC[C@H](C(N)=O)C1. The van der Waals surface area contributed by atoms with Crippen molar-refractivity contribution in [1.29, 1.82) is 0 Å². The molecule has 0 saturated heterocycles. The lowest BCUT2D eigenvalue weighted by Crippen LogP contribution is -2.27. The van der Waals surface area contributed by atoms with E-state index in [1.165, 1.54) is 12.8 Å². The second kappa shape index (κ2) is 3.04. The number of amides is 1. The van der Waals surface area contributed by atoms with Gasteiger partial charge in [-0.15, -0.1) is 0 Å². The van der Waals surface area contributed by atoms with Crippen LogP contribution in [0.25, 0.3) is 0 Å². The van der Waals surface area contributed by atoms with Gasteiger partial charge in [0.25, 0.3) is 0 Å². The summed E-state index contributed by atoms with van der Waals surface area (Å²) in [5, 5.41) is 0. The number of hydrogen-bond acceptors (Lipinski definition) is 1. The molecule has 0 aromatic heterocycles. The first kappa shape index (κ1) is 7.58. The van der Waals surface area contributed by atoms with E-state index in [0.29, 0.717) is 5.92 Å². The van der Waals surface area contributed by atoms with E-state index < -0.39 is 0 Å². The van der Waals surface area contributed by atoms with Crippen LogP contribution in [0.3, 0.4) is 0 Å². The van der Waals surface area contributed by atoms with Gasteiger partial charge in [0.1, 0.15) is 0 Å². The molecule has 1 rings (SSSR count). The van der Waals surface area contributed by atoms with Gasteiger partial charge in [-0.2, -0.15) is 0 Å². The molecule has 2 nitrogen and oxygen atoms in total. The Morgan fingerprint density at radius 2 is 2.20 bits per heavy atom. The molecule has 0 heterocycles. The summed E-state index contributed by atoms with van der Waals surface area (Å²) < 4.78 is 0. The van der Waals surface area contributed by atoms with Crippen molar-refractivity contribution in [3.05, 3.63) is 0 Å². The van der Waals surface area contributed by atoms with E-state index in [4.69, 9.17) is 5.73 Å². The zero-order valence-electron chi connectivity index (χ0n) is 6.47. The molecule has 2 N–H and O–H groups in total. The Kier molecular flexibility index (Phi) is 2.30. The van der Waals surface area contributed by atoms with Gasteiger partial charge >= 0.3 is 0 Å². The Morgan fingerprint density at radius 3 is 2.60 bits per heavy atom. The number of carbonyl (C=O) groups excluding carboxylic acids is 1. The smallest absolute Gasteiger partial charge is 0.220 e. The molecule has 1 fully saturated rings. The van der Waals surface area contributed by atoms with E-state index in [9.17, 15) is 4.79 Å². The molecule has 1 aliphatic rings. The molecule has 1 aliphatic carbocycles. The number of rotatable bonds is 1. The van der Waals surface area contributed by atoms with Crippen LogP contribution in [0.4, 0.5) is 0 Å². The van der Waals surface area contributed by atoms with Crippen LogP contribution in [0.15, 0.2) is 0 Å². The molecule has 2 atom stereocenters. The summed E-state index contributed by atoms with van der Waals surface area (Å²) in [4.78, 5) is 10.7. The number of hydrogen-bond donors (Lipinski definition) is 1. The summed E-state index contributed by atoms with van der Waals surface area (Å²) >= 11 is 0. The van der Waals surface area contributed by atoms with Crippen LogP contribution in [0.5, 0.6) is 0 Å². The Morgan fingerprint density at radius 1 is 1.50 bits per heavy atom. The zero-order chi connectivity index (χ0) is 7.56. The second-order valence-corrected chi connectivity index (χ2v) is 3.37. The van der Waals surface area contributed by atoms with E-state index in [1.807, 2.05) is 0 Å². The Labute approximate surface area is 61.8 Å². The van der Waals surface area contributed by atoms with Crippen LogP contribution in [-0.2, 0) is 4.79 Å². The third kappa shape index (κ3) is 1.72. The van der Waals surface area contributed by atoms with Crippen molar-refractivity contribution in [3.8, 4) is 0 Å². The third-order valence-electron chi connectivity index (χ3n) is 2.34. The minimum absolute atomic E-state index is 0.105. The fourth-order valence-electron chi connectivity index (χ4n) is 1.69. The highest BCUT2D eigenvalue weighted by Crippen LogP contribution is 2.27. The van der Waals surface area contributed by atoms with Crippen molar-refractivity contribution >= 4 is 5.91 Å². The number of carbonyl (C=O) groups is 1. The summed E-state index contributed by atoms with van der Waals surface area (Å²) in [6, 6.07) is 0. The van der Waals surface area contributed by atoms with Gasteiger partial charge in [-0.25, -0.2) is 0 Å². The van der Waals surface area contributed by atoms with Crippen molar-refractivity contribution in [2.24, 2.45) is 17.6 Å². The molecule has 0 spiro atoms. The molecule has 58 valence electrons. The average Bonchev–Trinajstić information content (AvgIpc) is 1.88. The summed E-state index contributed by atoms with van der Waals surface area (Å²) in [6.45, 7) is 2.19. The highest BCUT2D eigenvalue weighted by molar-refractivity contribution is 5.76. The summed E-state index contributed by atoms with van der Waals surface area (Å²) in [5.41, 5.74) is 5.19. The van der Waals surface area contributed by atoms with Crippen molar-refractivity contribution in [1.82, 2.24) is 0 Å². The first-order valence-corrected chi connectivity index (χ1v) is 3.99. The Balaban J connectivity index is 2.39. The van der Waals surface area contributed by atoms with Crippen LogP contribution in [0.2, 0.25) is 0 Å². The summed E-state index contributed by atoms with van der Waals surface area (Å²) in [6.07, 6.45) is 4.47. The Hall–Kier alpha value is -0.530. The predicted molar refractivity (Wildman–Crippen MR) is 40.3 cm³/mol. The topological polar surface area (TPSA) is 43.1 Å². The van der Waals surface area contributed by atoms with Crippen LogP contribution in [0, 0.1) is 11.8 Å². The molecular weight excluding hydrogens is 126 g/mol. The molecule has 0 aromatic carbocycles. The minimum atomic E-state index is -0.105. The van der Waals surface area contributed by atoms with Gasteiger partial charge in [-0.3, -0.25) is 4.79 Å². The highest BCUT2D eigenvalue weighted by Gasteiger charge is 2.22. The lowest BCUT2D eigenvalue weighted by atomic mass is 9.82. The molecule has 0 radical (unpaired) electrons. The largest absolute Gasteiger partial charge is 0.369 e. The normalized spacial score (nSPS) is 33.7. The van der Waals surface area contributed by atoms with Gasteiger partial charge in [0, 0.05) is 5.92 Å². The fourth-order valence-corrected chi connectivity index (χ4v) is 1.69. The Bertz CT molecular complexity index is 133. The summed E-state index contributed by atoms with van der Waals surface area (Å²) in [7, 11) is 0. The van der Waals surface area contributed by atoms with Gasteiger partial charge in [-0.1, -0.05) is 19.8 Å². The van der Waals surface area contributed by atoms with Gasteiger partial charge < -0.3 is 5.73 Å². The molecular formula is C8H15NO. The van der Waals surface area contributed by atoms with Crippen molar-refractivity contribution < 1.29 is 4.79 Å². The predicted octanol–water partition coefficient (Wildman–Crippen LogP) is 1.30.